The van der Waals surface area contributed by atoms with Crippen molar-refractivity contribution >= 4 is 38.6 Å². The zero-order chi connectivity index (χ0) is 23.6. The number of carbonyl (C=O) groups excluding carboxylic acids is 2. The molecular formula is C24H28N6O2S. The van der Waals surface area contributed by atoms with Crippen molar-refractivity contribution in [1.29, 1.82) is 0 Å². The summed E-state index contributed by atoms with van der Waals surface area (Å²) in [7, 11) is 0. The van der Waals surface area contributed by atoms with Gasteiger partial charge in [0.1, 0.15) is 4.70 Å². The number of nitrogens with zero attached hydrogens (tertiary/aromatic N) is 4. The number of amides is 2. The Bertz CT molecular complexity index is 1260. The molecule has 0 aliphatic heterocycles. The maximum Gasteiger partial charge on any atom is 0.273 e. The summed E-state index contributed by atoms with van der Waals surface area (Å²) in [6.07, 6.45) is 4.81. The van der Waals surface area contributed by atoms with E-state index in [0.29, 0.717) is 33.3 Å². The topological polar surface area (TPSA) is 93.8 Å². The molecule has 0 atom stereocenters. The van der Waals surface area contributed by atoms with Gasteiger partial charge in [-0.2, -0.15) is 10.1 Å². The van der Waals surface area contributed by atoms with E-state index in [9.17, 15) is 9.59 Å². The predicted molar refractivity (Wildman–Crippen MR) is 131 cm³/mol. The molecule has 33 heavy (non-hydrogen) atoms. The fourth-order valence-corrected chi connectivity index (χ4v) is 4.34. The summed E-state index contributed by atoms with van der Waals surface area (Å²) >= 11 is 1.26. The monoisotopic (exact) mass is 464 g/mol. The van der Waals surface area contributed by atoms with Gasteiger partial charge in [-0.25, -0.2) is 4.68 Å². The number of thiazole rings is 1. The highest BCUT2D eigenvalue weighted by atomic mass is 32.1. The Morgan fingerprint density at radius 1 is 1.06 bits per heavy atom. The van der Waals surface area contributed by atoms with E-state index in [0.717, 1.165) is 18.5 Å². The first kappa shape index (κ1) is 22.7. The summed E-state index contributed by atoms with van der Waals surface area (Å²) < 4.78 is 4.48. The van der Waals surface area contributed by atoms with Crippen molar-refractivity contribution in [2.45, 2.75) is 46.2 Å². The fourth-order valence-electron chi connectivity index (χ4n) is 3.41. The number of fused-ring (bicyclic) bond motifs is 1. The molecule has 0 radical (unpaired) electrons. The van der Waals surface area contributed by atoms with E-state index in [-0.39, 0.29) is 17.4 Å². The van der Waals surface area contributed by atoms with E-state index in [1.165, 1.54) is 11.3 Å². The van der Waals surface area contributed by atoms with Crippen LogP contribution in [0, 0.1) is 6.92 Å². The first-order chi connectivity index (χ1) is 15.7. The minimum absolute atomic E-state index is 0.238. The van der Waals surface area contributed by atoms with Crippen molar-refractivity contribution in [3.05, 3.63) is 65.6 Å². The number of hydrogen-bond acceptors (Lipinski definition) is 5. The molecular weight excluding hydrogens is 436 g/mol. The number of anilines is 1. The van der Waals surface area contributed by atoms with Crippen molar-refractivity contribution in [1.82, 2.24) is 24.6 Å². The number of hydrogen-bond donors (Lipinski definition) is 2. The summed E-state index contributed by atoms with van der Waals surface area (Å²) in [5.74, 6) is -0.478. The minimum atomic E-state index is -0.377. The molecule has 2 amide bonds. The molecule has 0 unspecified atom stereocenters. The van der Waals surface area contributed by atoms with Gasteiger partial charge in [-0.3, -0.25) is 14.9 Å². The summed E-state index contributed by atoms with van der Waals surface area (Å²) in [5.41, 5.74) is 2.18. The van der Waals surface area contributed by atoms with E-state index in [4.69, 9.17) is 0 Å². The second kappa shape index (κ2) is 9.19. The average molecular weight is 465 g/mol. The van der Waals surface area contributed by atoms with Gasteiger partial charge in [0.25, 0.3) is 11.8 Å². The van der Waals surface area contributed by atoms with Crippen LogP contribution >= 0.6 is 11.3 Å². The van der Waals surface area contributed by atoms with Crippen LogP contribution in [0.25, 0.3) is 10.3 Å². The molecule has 2 N–H and O–H groups in total. The van der Waals surface area contributed by atoms with Crippen LogP contribution in [0.5, 0.6) is 0 Å². The molecule has 0 fully saturated rings. The smallest absolute Gasteiger partial charge is 0.273 e. The molecule has 0 aliphatic carbocycles. The third-order valence-corrected chi connectivity index (χ3v) is 6.12. The van der Waals surface area contributed by atoms with E-state index >= 15 is 0 Å². The van der Waals surface area contributed by atoms with Crippen molar-refractivity contribution in [3.8, 4) is 0 Å². The lowest BCUT2D eigenvalue weighted by Gasteiger charge is -2.19. The Morgan fingerprint density at radius 3 is 2.42 bits per heavy atom. The molecule has 0 spiro atoms. The first-order valence-corrected chi connectivity index (χ1v) is 11.7. The van der Waals surface area contributed by atoms with Crippen LogP contribution < -0.4 is 10.6 Å². The van der Waals surface area contributed by atoms with Crippen LogP contribution in [0.15, 0.2) is 48.8 Å². The Hall–Kier alpha value is -3.46. The van der Waals surface area contributed by atoms with Crippen LogP contribution in [0.3, 0.4) is 0 Å². The van der Waals surface area contributed by atoms with Gasteiger partial charge in [0.05, 0.1) is 5.54 Å². The van der Waals surface area contributed by atoms with E-state index < -0.39 is 0 Å². The standard InChI is InChI=1S/C24H28N6O2S/c1-16-8-10-17(11-9-16)21(31)27-23-26-20-19(33-23)18(28-30(20)24(2,3)4)22(32)25-12-7-15-29-13-5-6-14-29/h5-6,8-11,13-14H,7,12,15H2,1-4H3,(H,25,32)(H,26,27,31). The van der Waals surface area contributed by atoms with Crippen LogP contribution in [0.4, 0.5) is 5.13 Å². The molecule has 0 aliphatic rings. The van der Waals surface area contributed by atoms with Gasteiger partial charge in [0, 0.05) is 31.0 Å². The van der Waals surface area contributed by atoms with E-state index in [1.54, 1.807) is 16.8 Å². The number of nitrogens with one attached hydrogen (secondary N) is 2. The Balaban J connectivity index is 1.53. The summed E-state index contributed by atoms with van der Waals surface area (Å²) in [6, 6.07) is 11.3. The molecule has 0 saturated heterocycles. The largest absolute Gasteiger partial charge is 0.354 e. The molecule has 4 rings (SSSR count). The maximum atomic E-state index is 12.9. The lowest BCUT2D eigenvalue weighted by molar-refractivity contribution is 0.0947. The highest BCUT2D eigenvalue weighted by molar-refractivity contribution is 7.22. The molecule has 0 saturated carbocycles. The van der Waals surface area contributed by atoms with Crippen LogP contribution in [-0.2, 0) is 12.1 Å². The molecule has 3 heterocycles. The zero-order valence-corrected chi connectivity index (χ0v) is 20.1. The van der Waals surface area contributed by atoms with Crippen LogP contribution in [0.2, 0.25) is 0 Å². The Labute approximate surface area is 196 Å². The summed E-state index contributed by atoms with van der Waals surface area (Å²) in [6.45, 7) is 9.35. The average Bonchev–Trinajstić information content (AvgIpc) is 3.47. The van der Waals surface area contributed by atoms with Crippen molar-refractivity contribution in [3.63, 3.8) is 0 Å². The number of carbonyl (C=O) groups is 2. The number of aromatic nitrogens is 4. The Kier molecular flexibility index (Phi) is 6.33. The van der Waals surface area contributed by atoms with Gasteiger partial charge < -0.3 is 9.88 Å². The lowest BCUT2D eigenvalue weighted by atomic mass is 10.1. The second-order valence-corrected chi connectivity index (χ2v) is 9.95. The number of benzene rings is 1. The molecule has 4 aromatic rings. The van der Waals surface area contributed by atoms with Gasteiger partial charge >= 0.3 is 0 Å². The van der Waals surface area contributed by atoms with Gasteiger partial charge in [-0.1, -0.05) is 29.0 Å². The highest BCUT2D eigenvalue weighted by Crippen LogP contribution is 2.32. The third kappa shape index (κ3) is 5.14. The molecule has 8 nitrogen and oxygen atoms in total. The van der Waals surface area contributed by atoms with Gasteiger partial charge in [-0.15, -0.1) is 0 Å². The number of aryl methyl sites for hydroxylation is 2. The molecule has 0 bridgehead atoms. The molecule has 172 valence electrons. The summed E-state index contributed by atoms with van der Waals surface area (Å²) in [5, 5.41) is 10.8. The van der Waals surface area contributed by atoms with Crippen LogP contribution in [0.1, 0.15) is 53.6 Å². The van der Waals surface area contributed by atoms with E-state index in [1.807, 2.05) is 64.4 Å². The quantitative estimate of drug-likeness (QED) is 0.396. The van der Waals surface area contributed by atoms with Gasteiger partial charge in [-0.05, 0) is 58.4 Å². The second-order valence-electron chi connectivity index (χ2n) is 8.95. The van der Waals surface area contributed by atoms with Gasteiger partial charge in [0.15, 0.2) is 16.5 Å². The normalized spacial score (nSPS) is 11.6. The molecule has 9 heteroatoms. The van der Waals surface area contributed by atoms with E-state index in [2.05, 4.69) is 25.3 Å². The van der Waals surface area contributed by atoms with Crippen molar-refractivity contribution in [2.75, 3.05) is 11.9 Å². The molecule has 3 aromatic heterocycles. The number of rotatable bonds is 7. The highest BCUT2D eigenvalue weighted by Gasteiger charge is 2.27. The van der Waals surface area contributed by atoms with Gasteiger partial charge in [0.2, 0.25) is 0 Å². The Morgan fingerprint density at radius 2 is 1.76 bits per heavy atom. The van der Waals surface area contributed by atoms with Crippen molar-refractivity contribution in [2.24, 2.45) is 0 Å². The van der Waals surface area contributed by atoms with Crippen LogP contribution in [-0.4, -0.2) is 37.7 Å². The summed E-state index contributed by atoms with van der Waals surface area (Å²) in [4.78, 5) is 30.2. The lowest BCUT2D eigenvalue weighted by Crippen LogP contribution is -2.27. The fraction of sp³-hybridized carbons (Fsp3) is 0.333. The predicted octanol–water partition coefficient (Wildman–Crippen LogP) is 4.43. The maximum absolute atomic E-state index is 12.9. The zero-order valence-electron chi connectivity index (χ0n) is 19.3. The molecule has 1 aromatic carbocycles. The first-order valence-electron chi connectivity index (χ1n) is 10.9. The SMILES string of the molecule is Cc1ccc(C(=O)Nc2nc3c(s2)c(C(=O)NCCCn2cccc2)nn3C(C)(C)C)cc1. The minimum Gasteiger partial charge on any atom is -0.354 e. The van der Waals surface area contributed by atoms with Crippen molar-refractivity contribution < 1.29 is 9.59 Å². The third-order valence-electron chi connectivity index (χ3n) is 5.15.